The summed E-state index contributed by atoms with van der Waals surface area (Å²) in [6, 6.07) is 12.4. The molecule has 1 aromatic heterocycles. The second-order valence-electron chi connectivity index (χ2n) is 4.93. The van der Waals surface area contributed by atoms with Crippen molar-refractivity contribution in [2.75, 3.05) is 0 Å². The molecule has 0 bridgehead atoms. The van der Waals surface area contributed by atoms with Gasteiger partial charge in [-0.05, 0) is 52.9 Å². The smallest absolute Gasteiger partial charge is 0.387 e. The predicted molar refractivity (Wildman–Crippen MR) is 86.3 cm³/mol. The highest BCUT2D eigenvalue weighted by atomic mass is 35.5. The van der Waals surface area contributed by atoms with Gasteiger partial charge in [0.1, 0.15) is 18.1 Å². The highest BCUT2D eigenvalue weighted by Gasteiger charge is 2.12. The van der Waals surface area contributed by atoms with Crippen LogP contribution in [0.1, 0.15) is 11.4 Å². The highest BCUT2D eigenvalue weighted by molar-refractivity contribution is 6.32. The molecule has 0 saturated carbocycles. The third-order valence-corrected chi connectivity index (χ3v) is 3.55. The summed E-state index contributed by atoms with van der Waals surface area (Å²) in [4.78, 5) is 0. The van der Waals surface area contributed by atoms with Crippen LogP contribution in [0.15, 0.2) is 42.5 Å². The van der Waals surface area contributed by atoms with E-state index in [9.17, 15) is 8.78 Å². The van der Waals surface area contributed by atoms with Crippen LogP contribution in [-0.4, -0.2) is 26.8 Å². The summed E-state index contributed by atoms with van der Waals surface area (Å²) >= 11 is 6.05. The van der Waals surface area contributed by atoms with Gasteiger partial charge in [-0.3, -0.25) is 0 Å². The van der Waals surface area contributed by atoms with Crippen molar-refractivity contribution < 1.29 is 18.3 Å². The summed E-state index contributed by atoms with van der Waals surface area (Å²) in [6.45, 7) is -2.89. The number of benzene rings is 2. The summed E-state index contributed by atoms with van der Waals surface area (Å²) in [5.74, 6) is 0.771. The molecule has 0 atom stereocenters. The normalized spacial score (nSPS) is 10.6. The van der Waals surface area contributed by atoms with Gasteiger partial charge in [-0.25, -0.2) is 0 Å². The molecule has 0 fully saturated rings. The van der Waals surface area contributed by atoms with Crippen molar-refractivity contribution in [3.05, 3.63) is 58.9 Å². The molecule has 132 valence electrons. The van der Waals surface area contributed by atoms with Crippen molar-refractivity contribution in [1.82, 2.24) is 20.2 Å². The zero-order valence-corrected chi connectivity index (χ0v) is 13.8. The first-order valence-electron chi connectivity index (χ1n) is 7.22. The Kier molecular flexibility index (Phi) is 5.24. The number of nitrogens with zero attached hydrogens (tertiary/aromatic N) is 5. The van der Waals surface area contributed by atoms with E-state index in [0.717, 1.165) is 0 Å². The van der Waals surface area contributed by atoms with Gasteiger partial charge in [0, 0.05) is 0 Å². The van der Waals surface area contributed by atoms with Crippen LogP contribution in [0.5, 0.6) is 11.5 Å². The number of tetrazole rings is 1. The van der Waals surface area contributed by atoms with Gasteiger partial charge in [-0.1, -0.05) is 11.6 Å². The second kappa shape index (κ2) is 7.76. The Hall–Kier alpha value is -3.25. The lowest BCUT2D eigenvalue weighted by Crippen LogP contribution is -2.07. The van der Waals surface area contributed by atoms with Crippen molar-refractivity contribution in [3.8, 4) is 23.3 Å². The van der Waals surface area contributed by atoms with Crippen molar-refractivity contribution in [2.24, 2.45) is 0 Å². The Balaban J connectivity index is 1.74. The summed E-state index contributed by atoms with van der Waals surface area (Å²) < 4.78 is 35.7. The summed E-state index contributed by atoms with van der Waals surface area (Å²) in [7, 11) is 0. The standard InChI is InChI=1S/C16H10ClF2N5O2/c17-13-7-10(8-20)1-6-14(13)25-9-15-21-22-23-24(15)11-2-4-12(5-3-11)26-16(18)19/h1-7,16H,9H2. The van der Waals surface area contributed by atoms with E-state index in [-0.39, 0.29) is 17.4 Å². The maximum absolute atomic E-state index is 12.2. The lowest BCUT2D eigenvalue weighted by Gasteiger charge is -2.09. The second-order valence-corrected chi connectivity index (χ2v) is 5.33. The molecule has 0 saturated heterocycles. The van der Waals surface area contributed by atoms with Gasteiger partial charge in [-0.2, -0.15) is 18.7 Å². The van der Waals surface area contributed by atoms with Crippen molar-refractivity contribution in [3.63, 3.8) is 0 Å². The number of hydrogen-bond acceptors (Lipinski definition) is 6. The minimum absolute atomic E-state index is 0.00784. The number of aromatic nitrogens is 4. The molecule has 2 aromatic carbocycles. The fraction of sp³-hybridized carbons (Fsp3) is 0.125. The average Bonchev–Trinajstić information content (AvgIpc) is 3.09. The van der Waals surface area contributed by atoms with Crippen LogP contribution in [0.3, 0.4) is 0 Å². The number of nitriles is 1. The van der Waals surface area contributed by atoms with Gasteiger partial charge < -0.3 is 9.47 Å². The van der Waals surface area contributed by atoms with Gasteiger partial charge in [-0.15, -0.1) is 5.10 Å². The number of halogens is 3. The molecule has 3 rings (SSSR count). The van der Waals surface area contributed by atoms with Gasteiger partial charge in [0.15, 0.2) is 5.82 Å². The third-order valence-electron chi connectivity index (χ3n) is 3.26. The van der Waals surface area contributed by atoms with Crippen LogP contribution in [0.4, 0.5) is 8.78 Å². The Labute approximate surface area is 151 Å². The van der Waals surface area contributed by atoms with Gasteiger partial charge in [0.05, 0.1) is 22.3 Å². The molecule has 0 unspecified atom stereocenters. The van der Waals surface area contributed by atoms with Crippen LogP contribution in [0, 0.1) is 11.3 Å². The maximum Gasteiger partial charge on any atom is 0.387 e. The van der Waals surface area contributed by atoms with Crippen molar-refractivity contribution in [1.29, 1.82) is 5.26 Å². The molecule has 0 aliphatic rings. The maximum atomic E-state index is 12.2. The fourth-order valence-electron chi connectivity index (χ4n) is 2.09. The third kappa shape index (κ3) is 4.04. The Morgan fingerprint density at radius 1 is 1.19 bits per heavy atom. The Morgan fingerprint density at radius 3 is 2.62 bits per heavy atom. The summed E-state index contributed by atoms with van der Waals surface area (Å²) in [5.41, 5.74) is 0.958. The van der Waals surface area contributed by atoms with E-state index in [4.69, 9.17) is 21.6 Å². The fourth-order valence-corrected chi connectivity index (χ4v) is 2.33. The van der Waals surface area contributed by atoms with E-state index in [1.165, 1.54) is 35.0 Å². The van der Waals surface area contributed by atoms with Crippen molar-refractivity contribution >= 4 is 11.6 Å². The van der Waals surface area contributed by atoms with E-state index in [1.54, 1.807) is 12.1 Å². The summed E-state index contributed by atoms with van der Waals surface area (Å²) in [6.07, 6.45) is 0. The van der Waals surface area contributed by atoms with Gasteiger partial charge >= 0.3 is 6.61 Å². The monoisotopic (exact) mass is 377 g/mol. The molecule has 0 aliphatic carbocycles. The zero-order valence-electron chi connectivity index (χ0n) is 13.0. The molecular formula is C16H10ClF2N5O2. The molecule has 26 heavy (non-hydrogen) atoms. The molecular weight excluding hydrogens is 368 g/mol. The predicted octanol–water partition coefficient (Wildman–Crippen LogP) is 3.37. The highest BCUT2D eigenvalue weighted by Crippen LogP contribution is 2.26. The minimum Gasteiger partial charge on any atom is -0.484 e. The minimum atomic E-state index is -2.89. The van der Waals surface area contributed by atoms with Crippen LogP contribution < -0.4 is 9.47 Å². The molecule has 0 amide bonds. The number of hydrogen-bond donors (Lipinski definition) is 0. The molecule has 3 aromatic rings. The van der Waals surface area contributed by atoms with Gasteiger partial charge in [0.25, 0.3) is 0 Å². The van der Waals surface area contributed by atoms with Gasteiger partial charge in [0.2, 0.25) is 0 Å². The Bertz CT molecular complexity index is 941. The quantitative estimate of drug-likeness (QED) is 0.654. The van der Waals surface area contributed by atoms with E-state index < -0.39 is 6.61 Å². The molecule has 0 aliphatic heterocycles. The number of rotatable bonds is 6. The molecule has 1 heterocycles. The SMILES string of the molecule is N#Cc1ccc(OCc2nnnn2-c2ccc(OC(F)F)cc2)c(Cl)c1. The molecule has 0 spiro atoms. The number of alkyl halides is 2. The first-order valence-corrected chi connectivity index (χ1v) is 7.59. The molecule has 0 N–H and O–H groups in total. The lowest BCUT2D eigenvalue weighted by atomic mass is 10.2. The summed E-state index contributed by atoms with van der Waals surface area (Å²) in [5, 5.41) is 20.4. The van der Waals surface area contributed by atoms with Crippen LogP contribution in [0.2, 0.25) is 5.02 Å². The molecule has 7 nitrogen and oxygen atoms in total. The van der Waals surface area contributed by atoms with Crippen molar-refractivity contribution in [2.45, 2.75) is 13.2 Å². The van der Waals surface area contributed by atoms with Crippen LogP contribution >= 0.6 is 11.6 Å². The van der Waals surface area contributed by atoms with Crippen LogP contribution in [0.25, 0.3) is 5.69 Å². The van der Waals surface area contributed by atoms with E-state index >= 15 is 0 Å². The van der Waals surface area contributed by atoms with Crippen LogP contribution in [-0.2, 0) is 6.61 Å². The first-order chi connectivity index (χ1) is 12.6. The Morgan fingerprint density at radius 2 is 1.96 bits per heavy atom. The van der Waals surface area contributed by atoms with E-state index in [1.807, 2.05) is 6.07 Å². The van der Waals surface area contributed by atoms with E-state index in [0.29, 0.717) is 22.8 Å². The zero-order chi connectivity index (χ0) is 18.5. The topological polar surface area (TPSA) is 85.9 Å². The molecule has 10 heteroatoms. The average molecular weight is 378 g/mol. The number of ether oxygens (including phenoxy) is 2. The van der Waals surface area contributed by atoms with E-state index in [2.05, 4.69) is 20.3 Å². The molecule has 0 radical (unpaired) electrons. The lowest BCUT2D eigenvalue weighted by molar-refractivity contribution is -0.0498. The first kappa shape index (κ1) is 17.6. The largest absolute Gasteiger partial charge is 0.484 e.